The van der Waals surface area contributed by atoms with Gasteiger partial charge in [-0.25, -0.2) is 9.78 Å². The van der Waals surface area contributed by atoms with Crippen LogP contribution in [0.2, 0.25) is 5.02 Å². The van der Waals surface area contributed by atoms with Crippen molar-refractivity contribution in [2.45, 2.75) is 19.4 Å². The third-order valence-corrected chi connectivity index (χ3v) is 5.72. The average Bonchev–Trinajstić information content (AvgIpc) is 3.06. The molecule has 1 atom stereocenters. The van der Waals surface area contributed by atoms with Crippen LogP contribution in [0.3, 0.4) is 0 Å². The average molecular weight is 499 g/mol. The molecular formula is C24H27ClN6O4. The van der Waals surface area contributed by atoms with Crippen molar-refractivity contribution in [3.8, 4) is 17.1 Å². The highest BCUT2D eigenvalue weighted by Crippen LogP contribution is 2.34. The molecule has 0 bridgehead atoms. The van der Waals surface area contributed by atoms with Crippen LogP contribution in [0, 0.1) is 0 Å². The van der Waals surface area contributed by atoms with Gasteiger partial charge in [0, 0.05) is 30.2 Å². The van der Waals surface area contributed by atoms with Crippen molar-refractivity contribution in [2.75, 3.05) is 48.0 Å². The van der Waals surface area contributed by atoms with E-state index in [9.17, 15) is 9.90 Å². The van der Waals surface area contributed by atoms with Gasteiger partial charge in [-0.15, -0.1) is 0 Å². The number of benzene rings is 1. The highest BCUT2D eigenvalue weighted by Gasteiger charge is 2.27. The van der Waals surface area contributed by atoms with Crippen LogP contribution in [0.4, 0.5) is 22.1 Å². The topological polar surface area (TPSA) is 124 Å². The molecule has 1 aliphatic heterocycles. The molecule has 0 aliphatic carbocycles. The van der Waals surface area contributed by atoms with Crippen LogP contribution in [0.1, 0.15) is 13.3 Å². The van der Waals surface area contributed by atoms with E-state index in [0.717, 1.165) is 30.8 Å². The second-order valence-electron chi connectivity index (χ2n) is 7.95. The summed E-state index contributed by atoms with van der Waals surface area (Å²) in [5, 5.41) is 21.8. The van der Waals surface area contributed by atoms with E-state index < -0.39 is 18.7 Å². The van der Waals surface area contributed by atoms with Crippen LogP contribution in [-0.4, -0.2) is 70.1 Å². The Hall–Kier alpha value is -3.47. The third kappa shape index (κ3) is 5.97. The van der Waals surface area contributed by atoms with Crippen LogP contribution in [0.15, 0.2) is 48.8 Å². The number of nitrogens with zero attached hydrogens (tertiary/aromatic N) is 5. The van der Waals surface area contributed by atoms with E-state index in [0.29, 0.717) is 23.1 Å². The molecule has 2 aromatic heterocycles. The first-order valence-electron chi connectivity index (χ1n) is 11.3. The van der Waals surface area contributed by atoms with Crippen molar-refractivity contribution in [2.24, 2.45) is 0 Å². The molecule has 4 rings (SSSR count). The zero-order valence-electron chi connectivity index (χ0n) is 19.3. The number of carbonyl (C=O) groups is 1. The highest BCUT2D eigenvalue weighted by atomic mass is 35.5. The summed E-state index contributed by atoms with van der Waals surface area (Å²) in [6, 6.07) is 10.9. The number of nitrogens with one attached hydrogen (secondary N) is 1. The molecule has 11 heteroatoms. The number of halogens is 1. The fourth-order valence-electron chi connectivity index (χ4n) is 3.76. The number of carbonyl (C=O) groups excluding carboxylic acids is 1. The minimum atomic E-state index is -1.04. The summed E-state index contributed by atoms with van der Waals surface area (Å²) in [6.07, 6.45) is 2.49. The highest BCUT2D eigenvalue weighted by molar-refractivity contribution is 6.30. The van der Waals surface area contributed by atoms with Gasteiger partial charge in [-0.1, -0.05) is 23.7 Å². The largest absolute Gasteiger partial charge is 0.474 e. The number of hydrogen-bond donors (Lipinski definition) is 3. The molecule has 0 saturated heterocycles. The summed E-state index contributed by atoms with van der Waals surface area (Å²) in [7, 11) is 0. The van der Waals surface area contributed by atoms with Gasteiger partial charge in [0.25, 0.3) is 0 Å². The number of aliphatic hydroxyl groups is 2. The lowest BCUT2D eigenvalue weighted by Crippen LogP contribution is -2.36. The number of aliphatic hydroxyl groups excluding tert-OH is 2. The predicted octanol–water partition coefficient (Wildman–Crippen LogP) is 3.19. The fraction of sp³-hybridized carbons (Fsp3) is 0.333. The van der Waals surface area contributed by atoms with E-state index in [1.165, 1.54) is 12.4 Å². The normalized spacial score (nSPS) is 14.2. The van der Waals surface area contributed by atoms with Crippen LogP contribution < -0.4 is 19.9 Å². The monoisotopic (exact) mass is 498 g/mol. The summed E-state index contributed by atoms with van der Waals surface area (Å²) in [4.78, 5) is 30.3. The molecule has 0 radical (unpaired) electrons. The molecule has 0 fully saturated rings. The first-order valence-corrected chi connectivity index (χ1v) is 11.7. The smallest absolute Gasteiger partial charge is 0.328 e. The summed E-state index contributed by atoms with van der Waals surface area (Å²) in [5.74, 6) is 0.853. The Morgan fingerprint density at radius 1 is 1.23 bits per heavy atom. The van der Waals surface area contributed by atoms with E-state index >= 15 is 0 Å². The van der Waals surface area contributed by atoms with Crippen molar-refractivity contribution in [3.63, 3.8) is 0 Å². The third-order valence-electron chi connectivity index (χ3n) is 5.49. The van der Waals surface area contributed by atoms with E-state index in [-0.39, 0.29) is 18.3 Å². The molecule has 10 nitrogen and oxygen atoms in total. The summed E-state index contributed by atoms with van der Waals surface area (Å²) in [5.41, 5.74) is 2.43. The molecule has 0 saturated carbocycles. The van der Waals surface area contributed by atoms with E-state index in [1.807, 2.05) is 30.3 Å². The summed E-state index contributed by atoms with van der Waals surface area (Å²) < 4.78 is 5.33. The number of rotatable bonds is 7. The lowest BCUT2D eigenvalue weighted by Gasteiger charge is -2.25. The van der Waals surface area contributed by atoms with Gasteiger partial charge in [0.15, 0.2) is 11.6 Å². The molecule has 1 aromatic carbocycles. The summed E-state index contributed by atoms with van der Waals surface area (Å²) in [6.45, 7) is 3.53. The van der Waals surface area contributed by atoms with Crippen LogP contribution in [0.5, 0.6) is 5.88 Å². The number of fused-ring (bicyclic) bond motifs is 1. The Bertz CT molecular complexity index is 1180. The predicted molar refractivity (Wildman–Crippen MR) is 134 cm³/mol. The molecular weight excluding hydrogens is 472 g/mol. The molecule has 3 N–H and O–H groups in total. The second-order valence-corrected chi connectivity index (χ2v) is 8.39. The molecule has 0 spiro atoms. The molecule has 1 aliphatic rings. The number of pyridine rings is 1. The second kappa shape index (κ2) is 11.3. The maximum absolute atomic E-state index is 13.4. The zero-order valence-corrected chi connectivity index (χ0v) is 20.0. The van der Waals surface area contributed by atoms with Crippen molar-refractivity contribution < 1.29 is 19.7 Å². The van der Waals surface area contributed by atoms with Gasteiger partial charge in [-0.3, -0.25) is 15.2 Å². The van der Waals surface area contributed by atoms with Gasteiger partial charge in [0.05, 0.1) is 30.4 Å². The van der Waals surface area contributed by atoms with Crippen molar-refractivity contribution in [1.82, 2.24) is 15.0 Å². The zero-order chi connectivity index (χ0) is 24.8. The van der Waals surface area contributed by atoms with E-state index in [4.69, 9.17) is 26.4 Å². The number of aromatic nitrogens is 3. The minimum Gasteiger partial charge on any atom is -0.474 e. The lowest BCUT2D eigenvalue weighted by atomic mass is 10.1. The first kappa shape index (κ1) is 24.6. The standard InChI is InChI=1S/C24H27ClN6O4/c1-2-30-9-4-10-31(23-20(30)8-7-19(27-23)16-5-3-6-17(25)11-16)24(34)29-21-12-26-13-22(28-21)35-15-18(33)14-32/h3,5-8,11-13,18,32-33H,2,4,9-10,14-15H2,1H3,(H,28,29,34). The van der Waals surface area contributed by atoms with Crippen LogP contribution in [0.25, 0.3) is 11.3 Å². The number of ether oxygens (including phenoxy) is 1. The molecule has 1 unspecified atom stereocenters. The first-order chi connectivity index (χ1) is 17.0. The van der Waals surface area contributed by atoms with E-state index in [2.05, 4.69) is 27.1 Å². The van der Waals surface area contributed by atoms with Crippen LogP contribution in [-0.2, 0) is 0 Å². The Labute approximate surface area is 208 Å². The molecule has 3 aromatic rings. The maximum atomic E-state index is 13.4. The van der Waals surface area contributed by atoms with Gasteiger partial charge in [-0.05, 0) is 37.6 Å². The van der Waals surface area contributed by atoms with Crippen molar-refractivity contribution >= 4 is 35.0 Å². The van der Waals surface area contributed by atoms with Gasteiger partial charge < -0.3 is 19.8 Å². The molecule has 3 heterocycles. The van der Waals surface area contributed by atoms with Gasteiger partial charge >= 0.3 is 6.03 Å². The number of urea groups is 1. The van der Waals surface area contributed by atoms with Crippen molar-refractivity contribution in [1.29, 1.82) is 0 Å². The van der Waals surface area contributed by atoms with Gasteiger partial charge in [-0.2, -0.15) is 4.98 Å². The van der Waals surface area contributed by atoms with Gasteiger partial charge in [0.2, 0.25) is 5.88 Å². The Balaban J connectivity index is 1.61. The molecule has 2 amide bonds. The fourth-order valence-corrected chi connectivity index (χ4v) is 3.95. The van der Waals surface area contributed by atoms with Crippen molar-refractivity contribution in [3.05, 3.63) is 53.8 Å². The SMILES string of the molecule is CCN1CCCN(C(=O)Nc2cncc(OCC(O)CO)n2)c2nc(-c3cccc(Cl)c3)ccc21. The lowest BCUT2D eigenvalue weighted by molar-refractivity contribution is 0.0520. The van der Waals surface area contributed by atoms with Gasteiger partial charge in [0.1, 0.15) is 12.7 Å². The number of anilines is 3. The number of hydrogen-bond acceptors (Lipinski definition) is 8. The van der Waals surface area contributed by atoms with E-state index in [1.54, 1.807) is 11.0 Å². The number of amides is 2. The Morgan fingerprint density at radius 2 is 2.09 bits per heavy atom. The Morgan fingerprint density at radius 3 is 2.86 bits per heavy atom. The quantitative estimate of drug-likeness (QED) is 0.453. The summed E-state index contributed by atoms with van der Waals surface area (Å²) >= 11 is 6.18. The molecule has 184 valence electrons. The minimum absolute atomic E-state index is 0.116. The Kier molecular flexibility index (Phi) is 7.96. The van der Waals surface area contributed by atoms with Crippen LogP contribution >= 0.6 is 11.6 Å². The molecule has 35 heavy (non-hydrogen) atoms. The maximum Gasteiger partial charge on any atom is 0.328 e.